The first-order chi connectivity index (χ1) is 10.5. The molecule has 1 saturated heterocycles. The molecule has 0 bridgehead atoms. The number of β-lactam (4-membered cyclic amide) rings is 1. The molecule has 3 aliphatic heterocycles. The van der Waals surface area contributed by atoms with Gasteiger partial charge in [0.05, 0.1) is 24.8 Å². The van der Waals surface area contributed by atoms with Crippen molar-refractivity contribution in [2.75, 3.05) is 7.11 Å². The minimum absolute atomic E-state index is 0.0347. The van der Waals surface area contributed by atoms with E-state index in [1.54, 1.807) is 0 Å². The highest BCUT2D eigenvalue weighted by atomic mass is 16.7. The van der Waals surface area contributed by atoms with Crippen LogP contribution in [0, 0.1) is 5.92 Å². The van der Waals surface area contributed by atoms with Crippen molar-refractivity contribution in [3.8, 4) is 0 Å². The first-order valence-electron chi connectivity index (χ1n) is 7.00. The van der Waals surface area contributed by atoms with Crippen LogP contribution in [0.4, 0.5) is 0 Å². The molecule has 0 saturated carbocycles. The first kappa shape index (κ1) is 14.6. The number of nitrogens with zero attached hydrogens (tertiary/aromatic N) is 1. The fourth-order valence-corrected chi connectivity index (χ4v) is 3.22. The second kappa shape index (κ2) is 5.13. The molecule has 0 aromatic carbocycles. The molecule has 22 heavy (non-hydrogen) atoms. The number of fused-ring (bicyclic) bond motifs is 1. The van der Waals surface area contributed by atoms with Crippen molar-refractivity contribution in [2.24, 2.45) is 5.92 Å². The zero-order valence-corrected chi connectivity index (χ0v) is 12.2. The standard InChI is InChI=1S/C14H16N2O6/c1-3-6-9-4-7(11(13(18)19)16(9)12(6)17)8-5-10(22-15-8)14(20)21-2/h5-6,9-10,15H,3-4H2,1-2H3,(H,18,19). The van der Waals surface area contributed by atoms with Gasteiger partial charge >= 0.3 is 11.9 Å². The Bertz CT molecular complexity index is 623. The van der Waals surface area contributed by atoms with Crippen LogP contribution in [0.5, 0.6) is 0 Å². The fourth-order valence-electron chi connectivity index (χ4n) is 3.22. The summed E-state index contributed by atoms with van der Waals surface area (Å²) in [7, 11) is 1.24. The number of carboxylic acid groups (broad SMARTS) is 1. The molecule has 3 rings (SSSR count). The van der Waals surface area contributed by atoms with Gasteiger partial charge < -0.3 is 14.7 Å². The van der Waals surface area contributed by atoms with Gasteiger partial charge in [-0.05, 0) is 18.9 Å². The van der Waals surface area contributed by atoms with E-state index < -0.39 is 18.0 Å². The van der Waals surface area contributed by atoms with Gasteiger partial charge in [-0.2, -0.15) is 0 Å². The number of rotatable bonds is 4. The van der Waals surface area contributed by atoms with Gasteiger partial charge in [0.2, 0.25) is 12.0 Å². The summed E-state index contributed by atoms with van der Waals surface area (Å²) in [5, 5.41) is 9.42. The average molecular weight is 308 g/mol. The van der Waals surface area contributed by atoms with Crippen molar-refractivity contribution in [1.29, 1.82) is 0 Å². The summed E-state index contributed by atoms with van der Waals surface area (Å²) >= 11 is 0. The Hall–Kier alpha value is -2.35. The third-order valence-corrected chi connectivity index (χ3v) is 4.31. The summed E-state index contributed by atoms with van der Waals surface area (Å²) in [5.41, 5.74) is 3.42. The van der Waals surface area contributed by atoms with E-state index in [9.17, 15) is 19.5 Å². The maximum atomic E-state index is 12.1. The Morgan fingerprint density at radius 1 is 1.55 bits per heavy atom. The van der Waals surface area contributed by atoms with Gasteiger partial charge in [-0.1, -0.05) is 6.92 Å². The Morgan fingerprint density at radius 3 is 2.86 bits per heavy atom. The number of allylic oxidation sites excluding steroid dienone is 1. The van der Waals surface area contributed by atoms with Crippen molar-refractivity contribution in [3.63, 3.8) is 0 Å². The third kappa shape index (κ3) is 1.91. The number of methoxy groups -OCH3 is 1. The molecule has 118 valence electrons. The average Bonchev–Trinajstić information content (AvgIpc) is 3.09. The molecule has 8 nitrogen and oxygen atoms in total. The number of amides is 1. The minimum Gasteiger partial charge on any atom is -0.477 e. The lowest BCUT2D eigenvalue weighted by molar-refractivity contribution is -0.155. The predicted molar refractivity (Wildman–Crippen MR) is 71.8 cm³/mol. The highest BCUT2D eigenvalue weighted by molar-refractivity contribution is 6.00. The number of hydroxylamine groups is 1. The smallest absolute Gasteiger partial charge is 0.352 e. The van der Waals surface area contributed by atoms with Crippen molar-refractivity contribution in [2.45, 2.75) is 31.9 Å². The van der Waals surface area contributed by atoms with Gasteiger partial charge in [0.25, 0.3) is 0 Å². The number of hydrogen-bond acceptors (Lipinski definition) is 6. The number of aliphatic carboxylic acids is 1. The number of carbonyl (C=O) groups is 3. The predicted octanol–water partition coefficient (Wildman–Crippen LogP) is -0.0739. The monoisotopic (exact) mass is 308 g/mol. The summed E-state index contributed by atoms with van der Waals surface area (Å²) in [4.78, 5) is 41.5. The van der Waals surface area contributed by atoms with Crippen LogP contribution in [0.1, 0.15) is 19.8 Å². The van der Waals surface area contributed by atoms with Crippen LogP contribution >= 0.6 is 0 Å². The molecule has 0 spiro atoms. The van der Waals surface area contributed by atoms with Crippen LogP contribution in [0.3, 0.4) is 0 Å². The van der Waals surface area contributed by atoms with Gasteiger partial charge in [-0.25, -0.2) is 9.59 Å². The van der Waals surface area contributed by atoms with Crippen molar-refractivity contribution in [1.82, 2.24) is 10.4 Å². The van der Waals surface area contributed by atoms with E-state index in [0.717, 1.165) is 0 Å². The highest BCUT2D eigenvalue weighted by Crippen LogP contribution is 2.45. The highest BCUT2D eigenvalue weighted by Gasteiger charge is 2.54. The largest absolute Gasteiger partial charge is 0.477 e. The molecule has 3 heterocycles. The number of hydrogen-bond donors (Lipinski definition) is 2. The van der Waals surface area contributed by atoms with Crippen molar-refractivity contribution < 1.29 is 29.1 Å². The van der Waals surface area contributed by atoms with Crippen LogP contribution in [0.15, 0.2) is 23.0 Å². The molecule has 3 unspecified atom stereocenters. The Labute approximate surface area is 126 Å². The summed E-state index contributed by atoms with van der Waals surface area (Å²) < 4.78 is 4.58. The maximum Gasteiger partial charge on any atom is 0.352 e. The van der Waals surface area contributed by atoms with Crippen LogP contribution < -0.4 is 5.48 Å². The molecule has 2 N–H and O–H groups in total. The second-order valence-corrected chi connectivity index (χ2v) is 5.37. The van der Waals surface area contributed by atoms with E-state index in [4.69, 9.17) is 4.84 Å². The molecular weight excluding hydrogens is 292 g/mol. The van der Waals surface area contributed by atoms with Crippen LogP contribution in [0.2, 0.25) is 0 Å². The SMILES string of the molecule is CCC1C(=O)N2C(C(=O)O)=C(C3=CC(C(=O)OC)ON3)CC12. The Kier molecular flexibility index (Phi) is 3.40. The van der Waals surface area contributed by atoms with E-state index in [1.165, 1.54) is 18.1 Å². The maximum absolute atomic E-state index is 12.1. The lowest BCUT2D eigenvalue weighted by Crippen LogP contribution is -2.58. The molecule has 0 aromatic heterocycles. The van der Waals surface area contributed by atoms with Gasteiger partial charge in [-0.15, -0.1) is 0 Å². The number of nitrogens with one attached hydrogen (secondary N) is 1. The van der Waals surface area contributed by atoms with E-state index in [1.807, 2.05) is 6.92 Å². The van der Waals surface area contributed by atoms with Gasteiger partial charge in [-0.3, -0.25) is 15.1 Å². The van der Waals surface area contributed by atoms with Gasteiger partial charge in [0.1, 0.15) is 5.70 Å². The first-order valence-corrected chi connectivity index (χ1v) is 7.00. The topological polar surface area (TPSA) is 105 Å². The number of ether oxygens (including phenoxy) is 1. The number of esters is 1. The molecule has 0 aromatic rings. The number of carboxylic acids is 1. The lowest BCUT2D eigenvalue weighted by Gasteiger charge is -2.42. The van der Waals surface area contributed by atoms with Gasteiger partial charge in [0, 0.05) is 5.57 Å². The van der Waals surface area contributed by atoms with E-state index in [0.29, 0.717) is 24.1 Å². The quantitative estimate of drug-likeness (QED) is 0.553. The van der Waals surface area contributed by atoms with E-state index >= 15 is 0 Å². The molecule has 8 heteroatoms. The lowest BCUT2D eigenvalue weighted by atomic mass is 9.84. The zero-order valence-electron chi connectivity index (χ0n) is 12.2. The normalized spacial score (nSPS) is 29.7. The van der Waals surface area contributed by atoms with Crippen LogP contribution in [-0.2, 0) is 24.0 Å². The molecular formula is C14H16N2O6. The van der Waals surface area contributed by atoms with Crippen LogP contribution in [-0.4, -0.2) is 47.1 Å². The van der Waals surface area contributed by atoms with Crippen molar-refractivity contribution >= 4 is 17.8 Å². The Morgan fingerprint density at radius 2 is 2.27 bits per heavy atom. The molecule has 3 aliphatic rings. The fraction of sp³-hybridized carbons (Fsp3) is 0.500. The summed E-state index contributed by atoms with van der Waals surface area (Å²) in [6, 6.07) is -0.126. The van der Waals surface area contributed by atoms with E-state index in [2.05, 4.69) is 10.2 Å². The summed E-state index contributed by atoms with van der Waals surface area (Å²) in [6.07, 6.45) is 1.66. The van der Waals surface area contributed by atoms with E-state index in [-0.39, 0.29) is 23.6 Å². The zero-order chi connectivity index (χ0) is 16.0. The second-order valence-electron chi connectivity index (χ2n) is 5.37. The minimum atomic E-state index is -1.16. The molecule has 3 atom stereocenters. The molecule has 0 aliphatic carbocycles. The molecule has 1 amide bonds. The van der Waals surface area contributed by atoms with Gasteiger partial charge in [0.15, 0.2) is 0 Å². The summed E-state index contributed by atoms with van der Waals surface area (Å²) in [6.45, 7) is 1.90. The van der Waals surface area contributed by atoms with Crippen molar-refractivity contribution in [3.05, 3.63) is 23.0 Å². The molecule has 0 radical (unpaired) electrons. The number of carbonyl (C=O) groups excluding carboxylic acids is 2. The van der Waals surface area contributed by atoms with Crippen LogP contribution in [0.25, 0.3) is 0 Å². The Balaban J connectivity index is 1.92. The molecule has 1 fully saturated rings. The summed E-state index contributed by atoms with van der Waals surface area (Å²) in [5.74, 6) is -2.05. The third-order valence-electron chi connectivity index (χ3n) is 4.31.